The number of hydrogen-bond donors (Lipinski definition) is 2. The van der Waals surface area contributed by atoms with Crippen LogP contribution in [0.5, 0.6) is 23.0 Å². The minimum atomic E-state index is 0.630. The Bertz CT molecular complexity index is 956. The molecule has 26 heavy (non-hydrogen) atoms. The lowest BCUT2D eigenvalue weighted by Crippen LogP contribution is -1.92. The van der Waals surface area contributed by atoms with E-state index in [1.807, 2.05) is 60.7 Å². The van der Waals surface area contributed by atoms with Gasteiger partial charge in [-0.3, -0.25) is 0 Å². The predicted octanol–water partition coefficient (Wildman–Crippen LogP) is 5.59. The molecule has 0 unspecified atom stereocenters. The van der Waals surface area contributed by atoms with Crippen molar-refractivity contribution >= 4 is 22.1 Å². The number of benzene rings is 4. The third-order valence-electron chi connectivity index (χ3n) is 4.03. The summed E-state index contributed by atoms with van der Waals surface area (Å²) in [4.78, 5) is 0. The molecule has 0 atom stereocenters. The highest BCUT2D eigenvalue weighted by Crippen LogP contribution is 2.38. The van der Waals surface area contributed by atoms with Crippen molar-refractivity contribution in [2.45, 2.75) is 0 Å². The molecule has 128 valence electrons. The van der Waals surface area contributed by atoms with Gasteiger partial charge in [-0.05, 0) is 71.4 Å². The van der Waals surface area contributed by atoms with Crippen molar-refractivity contribution in [3.05, 3.63) is 84.9 Å². The standard InChI is InChI=1S/C22H18N2O2/c23-17-5-9-19(10-6-17)25-21-13-15-3-1-2-4-16(15)14-22(21)26-20-11-7-18(24)8-12-20/h1-14H,23-24H2. The number of anilines is 2. The number of ether oxygens (including phenoxy) is 2. The van der Waals surface area contributed by atoms with Crippen molar-refractivity contribution in [2.75, 3.05) is 11.5 Å². The molecule has 4 nitrogen and oxygen atoms in total. The lowest BCUT2D eigenvalue weighted by Gasteiger charge is -2.14. The first-order valence-electron chi connectivity index (χ1n) is 8.27. The summed E-state index contributed by atoms with van der Waals surface area (Å²) in [6, 6.07) is 26.5. The van der Waals surface area contributed by atoms with Gasteiger partial charge < -0.3 is 20.9 Å². The second kappa shape index (κ2) is 6.69. The summed E-state index contributed by atoms with van der Waals surface area (Å²) >= 11 is 0. The Morgan fingerprint density at radius 2 is 0.885 bits per heavy atom. The van der Waals surface area contributed by atoms with E-state index in [9.17, 15) is 0 Å². The van der Waals surface area contributed by atoms with Crippen LogP contribution in [-0.4, -0.2) is 0 Å². The first kappa shape index (κ1) is 15.8. The normalized spacial score (nSPS) is 10.6. The Hall–Kier alpha value is -3.66. The average Bonchev–Trinajstić information content (AvgIpc) is 2.66. The maximum absolute atomic E-state index is 6.06. The van der Waals surface area contributed by atoms with Crippen LogP contribution in [0.3, 0.4) is 0 Å². The molecule has 0 saturated heterocycles. The molecule has 0 fully saturated rings. The van der Waals surface area contributed by atoms with Crippen LogP contribution >= 0.6 is 0 Å². The van der Waals surface area contributed by atoms with Crippen LogP contribution < -0.4 is 20.9 Å². The van der Waals surface area contributed by atoms with Gasteiger partial charge in [-0.15, -0.1) is 0 Å². The molecule has 0 bridgehead atoms. The summed E-state index contributed by atoms with van der Waals surface area (Å²) in [7, 11) is 0. The van der Waals surface area contributed by atoms with Crippen LogP contribution in [0.1, 0.15) is 0 Å². The molecule has 0 saturated carbocycles. The monoisotopic (exact) mass is 342 g/mol. The van der Waals surface area contributed by atoms with Crippen LogP contribution in [0.15, 0.2) is 84.9 Å². The third-order valence-corrected chi connectivity index (χ3v) is 4.03. The van der Waals surface area contributed by atoms with Gasteiger partial charge in [0.15, 0.2) is 11.5 Å². The van der Waals surface area contributed by atoms with Gasteiger partial charge in [-0.2, -0.15) is 0 Å². The molecule has 0 aromatic heterocycles. The van der Waals surface area contributed by atoms with Crippen LogP contribution in [0, 0.1) is 0 Å². The van der Waals surface area contributed by atoms with E-state index in [1.165, 1.54) is 0 Å². The molecule has 0 amide bonds. The molecule has 4 aromatic rings. The maximum Gasteiger partial charge on any atom is 0.170 e. The average molecular weight is 342 g/mol. The molecular formula is C22H18N2O2. The second-order valence-electron chi connectivity index (χ2n) is 5.99. The zero-order chi connectivity index (χ0) is 17.9. The molecular weight excluding hydrogens is 324 g/mol. The zero-order valence-corrected chi connectivity index (χ0v) is 14.1. The number of fused-ring (bicyclic) bond motifs is 1. The van der Waals surface area contributed by atoms with Crippen molar-refractivity contribution in [1.29, 1.82) is 0 Å². The first-order chi connectivity index (χ1) is 12.7. The van der Waals surface area contributed by atoms with Gasteiger partial charge in [0.1, 0.15) is 11.5 Å². The van der Waals surface area contributed by atoms with Gasteiger partial charge in [-0.1, -0.05) is 24.3 Å². The summed E-state index contributed by atoms with van der Waals surface area (Å²) in [6.45, 7) is 0. The SMILES string of the molecule is Nc1ccc(Oc2cc3ccccc3cc2Oc2ccc(N)cc2)cc1. The molecule has 0 heterocycles. The highest BCUT2D eigenvalue weighted by Gasteiger charge is 2.10. The first-order valence-corrected chi connectivity index (χ1v) is 8.27. The molecule has 4 heteroatoms. The molecule has 0 aliphatic carbocycles. The Labute approximate surface area is 151 Å². The Balaban J connectivity index is 1.75. The number of hydrogen-bond acceptors (Lipinski definition) is 4. The van der Waals surface area contributed by atoms with E-state index in [4.69, 9.17) is 20.9 Å². The van der Waals surface area contributed by atoms with Crippen LogP contribution in [-0.2, 0) is 0 Å². The molecule has 0 aliphatic heterocycles. The quantitative estimate of drug-likeness (QED) is 0.474. The van der Waals surface area contributed by atoms with Crippen molar-refractivity contribution < 1.29 is 9.47 Å². The van der Waals surface area contributed by atoms with Gasteiger partial charge in [-0.25, -0.2) is 0 Å². The van der Waals surface area contributed by atoms with Crippen LogP contribution in [0.25, 0.3) is 10.8 Å². The third kappa shape index (κ3) is 3.39. The van der Waals surface area contributed by atoms with E-state index in [0.717, 1.165) is 10.8 Å². The second-order valence-corrected chi connectivity index (χ2v) is 5.99. The lowest BCUT2D eigenvalue weighted by molar-refractivity contribution is 0.420. The van der Waals surface area contributed by atoms with E-state index in [1.54, 1.807) is 24.3 Å². The number of nitrogens with two attached hydrogens (primary N) is 2. The summed E-state index contributed by atoms with van der Waals surface area (Å²) < 4.78 is 12.1. The number of rotatable bonds is 4. The molecule has 0 aliphatic rings. The van der Waals surface area contributed by atoms with E-state index in [2.05, 4.69) is 0 Å². The molecule has 4 rings (SSSR count). The molecule has 0 radical (unpaired) electrons. The van der Waals surface area contributed by atoms with Crippen LogP contribution in [0.4, 0.5) is 11.4 Å². The van der Waals surface area contributed by atoms with Crippen LogP contribution in [0.2, 0.25) is 0 Å². The van der Waals surface area contributed by atoms with E-state index < -0.39 is 0 Å². The highest BCUT2D eigenvalue weighted by atomic mass is 16.5. The summed E-state index contributed by atoms with van der Waals surface area (Å²) in [5.41, 5.74) is 12.9. The van der Waals surface area contributed by atoms with E-state index in [0.29, 0.717) is 34.4 Å². The Kier molecular flexibility index (Phi) is 4.07. The van der Waals surface area contributed by atoms with Gasteiger partial charge >= 0.3 is 0 Å². The van der Waals surface area contributed by atoms with E-state index in [-0.39, 0.29) is 0 Å². The van der Waals surface area contributed by atoms with Crippen molar-refractivity contribution in [3.8, 4) is 23.0 Å². The van der Waals surface area contributed by atoms with Crippen molar-refractivity contribution in [2.24, 2.45) is 0 Å². The molecule has 4 aromatic carbocycles. The summed E-state index contributed by atoms with van der Waals surface area (Å²) in [6.07, 6.45) is 0. The van der Waals surface area contributed by atoms with Crippen molar-refractivity contribution in [1.82, 2.24) is 0 Å². The van der Waals surface area contributed by atoms with Gasteiger partial charge in [0, 0.05) is 11.4 Å². The lowest BCUT2D eigenvalue weighted by atomic mass is 10.1. The Morgan fingerprint density at radius 3 is 1.27 bits per heavy atom. The maximum atomic E-state index is 6.06. The minimum absolute atomic E-state index is 0.630. The Morgan fingerprint density at radius 1 is 0.500 bits per heavy atom. The topological polar surface area (TPSA) is 70.5 Å². The fraction of sp³-hybridized carbons (Fsp3) is 0. The van der Waals surface area contributed by atoms with E-state index >= 15 is 0 Å². The van der Waals surface area contributed by atoms with Gasteiger partial charge in [0.2, 0.25) is 0 Å². The van der Waals surface area contributed by atoms with Gasteiger partial charge in [0.25, 0.3) is 0 Å². The highest BCUT2D eigenvalue weighted by molar-refractivity contribution is 5.86. The summed E-state index contributed by atoms with van der Waals surface area (Å²) in [5, 5.41) is 2.14. The van der Waals surface area contributed by atoms with Crippen molar-refractivity contribution in [3.63, 3.8) is 0 Å². The zero-order valence-electron chi connectivity index (χ0n) is 14.1. The largest absolute Gasteiger partial charge is 0.453 e. The predicted molar refractivity (Wildman–Crippen MR) is 106 cm³/mol. The minimum Gasteiger partial charge on any atom is -0.453 e. The molecule has 0 spiro atoms. The fourth-order valence-corrected chi connectivity index (χ4v) is 2.68. The van der Waals surface area contributed by atoms with Gasteiger partial charge in [0.05, 0.1) is 0 Å². The summed E-state index contributed by atoms with van der Waals surface area (Å²) in [5.74, 6) is 2.64. The smallest absolute Gasteiger partial charge is 0.170 e. The molecule has 4 N–H and O–H groups in total. The number of nitrogen functional groups attached to an aromatic ring is 2. The fourth-order valence-electron chi connectivity index (χ4n) is 2.68.